The lowest BCUT2D eigenvalue weighted by Gasteiger charge is -2.11. The lowest BCUT2D eigenvalue weighted by Crippen LogP contribution is -2.18. The molecule has 0 bridgehead atoms. The molecule has 0 aromatic heterocycles. The van der Waals surface area contributed by atoms with Gasteiger partial charge in [0.05, 0.1) is 3.94 Å². The van der Waals surface area contributed by atoms with Gasteiger partial charge in [-0.3, -0.25) is 0 Å². The summed E-state index contributed by atoms with van der Waals surface area (Å²) in [5.41, 5.74) is 1.86. The van der Waals surface area contributed by atoms with E-state index < -0.39 is 5.97 Å². The minimum absolute atomic E-state index is 0.159. The van der Waals surface area contributed by atoms with Crippen LogP contribution in [0.3, 0.4) is 0 Å². The summed E-state index contributed by atoms with van der Waals surface area (Å²) in [6, 6.07) is 14.4. The van der Waals surface area contributed by atoms with Gasteiger partial charge >= 0.3 is 5.97 Å². The first kappa shape index (κ1) is 20.0. The zero-order valence-electron chi connectivity index (χ0n) is 14.0. The molecule has 0 atom stereocenters. The topological polar surface area (TPSA) is 68.1 Å². The molecule has 0 aliphatic rings. The Bertz CT molecular complexity index is 832. The summed E-state index contributed by atoms with van der Waals surface area (Å²) in [6.07, 6.45) is 1.75. The number of rotatable bonds is 8. The Labute approximate surface area is 165 Å². The molecule has 5 nitrogen and oxygen atoms in total. The van der Waals surface area contributed by atoms with Gasteiger partial charge in [0.25, 0.3) is 0 Å². The number of nitrogens with zero attached hydrogens (tertiary/aromatic N) is 1. The number of ether oxygens (including phenoxy) is 1. The molecule has 2 aromatic rings. The van der Waals surface area contributed by atoms with E-state index >= 15 is 0 Å². The molecule has 0 saturated carbocycles. The SMILES string of the molecule is CCO/N=C(/C(=O)O)c1ccccc1COc1cccc(C=C(Cl)Br)c1. The lowest BCUT2D eigenvalue weighted by molar-refractivity contribution is -0.129. The third-order valence-corrected chi connectivity index (χ3v) is 3.63. The van der Waals surface area contributed by atoms with Crippen LogP contribution in [0.25, 0.3) is 6.08 Å². The molecule has 0 unspecified atom stereocenters. The van der Waals surface area contributed by atoms with Crippen molar-refractivity contribution < 1.29 is 19.5 Å². The van der Waals surface area contributed by atoms with Crippen LogP contribution in [0.2, 0.25) is 0 Å². The molecular weight excluding hydrogens is 422 g/mol. The van der Waals surface area contributed by atoms with Gasteiger partial charge in [0.15, 0.2) is 5.71 Å². The molecule has 2 rings (SSSR count). The number of carbonyl (C=O) groups is 1. The van der Waals surface area contributed by atoms with E-state index in [0.717, 1.165) is 5.56 Å². The predicted molar refractivity (Wildman–Crippen MR) is 106 cm³/mol. The van der Waals surface area contributed by atoms with E-state index in [1.165, 1.54) is 0 Å². The van der Waals surface area contributed by atoms with Crippen molar-refractivity contribution in [1.29, 1.82) is 0 Å². The lowest BCUT2D eigenvalue weighted by atomic mass is 10.0. The minimum atomic E-state index is -1.16. The molecule has 0 heterocycles. The summed E-state index contributed by atoms with van der Waals surface area (Å²) < 4.78 is 6.30. The molecule has 136 valence electrons. The van der Waals surface area contributed by atoms with E-state index in [9.17, 15) is 9.90 Å². The molecule has 0 radical (unpaired) electrons. The summed E-state index contributed by atoms with van der Waals surface area (Å²) >= 11 is 9.00. The minimum Gasteiger partial charge on any atom is -0.489 e. The van der Waals surface area contributed by atoms with Crippen molar-refractivity contribution in [3.05, 3.63) is 69.2 Å². The summed E-state index contributed by atoms with van der Waals surface area (Å²) in [5.74, 6) is -0.525. The zero-order valence-corrected chi connectivity index (χ0v) is 16.3. The molecular formula is C19H17BrClNO4. The number of oxime groups is 1. The van der Waals surface area contributed by atoms with Crippen molar-refractivity contribution in [3.63, 3.8) is 0 Å². The second kappa shape index (κ2) is 9.99. The standard InChI is InChI=1S/C19H17BrClNO4/c1-2-26-22-18(19(23)24)16-9-4-3-7-14(16)12-25-15-8-5-6-13(10-15)11-17(20)21/h3-11H,2,12H2,1H3,(H,23,24)/b17-11?,22-18+. The highest BCUT2D eigenvalue weighted by atomic mass is 79.9. The highest BCUT2D eigenvalue weighted by Crippen LogP contribution is 2.21. The fourth-order valence-corrected chi connectivity index (χ4v) is 2.58. The Hall–Kier alpha value is -2.31. The van der Waals surface area contributed by atoms with Gasteiger partial charge in [0.1, 0.15) is 19.0 Å². The molecule has 0 saturated heterocycles. The first-order chi connectivity index (χ1) is 12.5. The number of hydrogen-bond donors (Lipinski definition) is 1. The smallest absolute Gasteiger partial charge is 0.358 e. The number of aliphatic carboxylic acids is 1. The summed E-state index contributed by atoms with van der Waals surface area (Å²) in [5, 5.41) is 13.1. The quantitative estimate of drug-likeness (QED) is 0.464. The van der Waals surface area contributed by atoms with Crippen molar-refractivity contribution in [1.82, 2.24) is 0 Å². The van der Waals surface area contributed by atoms with Crippen molar-refractivity contribution in [2.45, 2.75) is 13.5 Å². The number of benzene rings is 2. The Kier molecular flexibility index (Phi) is 7.69. The largest absolute Gasteiger partial charge is 0.489 e. The second-order valence-electron chi connectivity index (χ2n) is 5.12. The first-order valence-electron chi connectivity index (χ1n) is 7.78. The maximum absolute atomic E-state index is 11.5. The molecule has 0 fully saturated rings. The van der Waals surface area contributed by atoms with E-state index in [4.69, 9.17) is 21.2 Å². The van der Waals surface area contributed by atoms with Crippen molar-refractivity contribution in [2.75, 3.05) is 6.61 Å². The fraction of sp³-hybridized carbons (Fsp3) is 0.158. The summed E-state index contributed by atoms with van der Waals surface area (Å²) in [7, 11) is 0. The van der Waals surface area contributed by atoms with Gasteiger partial charge in [0, 0.05) is 5.56 Å². The van der Waals surface area contributed by atoms with Gasteiger partial charge in [-0.15, -0.1) is 0 Å². The molecule has 26 heavy (non-hydrogen) atoms. The van der Waals surface area contributed by atoms with Crippen LogP contribution in [-0.4, -0.2) is 23.4 Å². The Balaban J connectivity index is 2.23. The highest BCUT2D eigenvalue weighted by Gasteiger charge is 2.17. The molecule has 7 heteroatoms. The van der Waals surface area contributed by atoms with E-state index in [1.807, 2.05) is 30.3 Å². The van der Waals surface area contributed by atoms with Crippen molar-refractivity contribution in [2.24, 2.45) is 5.16 Å². The molecule has 0 amide bonds. The van der Waals surface area contributed by atoms with Gasteiger partial charge in [-0.1, -0.05) is 53.2 Å². The van der Waals surface area contributed by atoms with Crippen LogP contribution in [0, 0.1) is 0 Å². The Morgan fingerprint density at radius 1 is 1.27 bits per heavy atom. The number of hydrogen-bond acceptors (Lipinski definition) is 4. The summed E-state index contributed by atoms with van der Waals surface area (Å²) in [4.78, 5) is 16.4. The van der Waals surface area contributed by atoms with E-state index in [2.05, 4.69) is 21.1 Å². The van der Waals surface area contributed by atoms with Crippen molar-refractivity contribution >= 4 is 45.3 Å². The van der Waals surface area contributed by atoms with E-state index in [1.54, 1.807) is 31.2 Å². The molecule has 0 aliphatic carbocycles. The van der Waals surface area contributed by atoms with Crippen molar-refractivity contribution in [3.8, 4) is 5.75 Å². The van der Waals surface area contributed by atoms with Crippen LogP contribution in [-0.2, 0) is 16.2 Å². The molecule has 0 spiro atoms. The monoisotopic (exact) mass is 437 g/mol. The van der Waals surface area contributed by atoms with Crippen LogP contribution in [0.1, 0.15) is 23.6 Å². The van der Waals surface area contributed by atoms with Gasteiger partial charge in [-0.2, -0.15) is 0 Å². The van der Waals surface area contributed by atoms with Gasteiger partial charge < -0.3 is 14.7 Å². The fourth-order valence-electron chi connectivity index (χ4n) is 2.19. The van der Waals surface area contributed by atoms with Gasteiger partial charge in [-0.05, 0) is 52.2 Å². The Morgan fingerprint density at radius 2 is 2.04 bits per heavy atom. The Morgan fingerprint density at radius 3 is 2.73 bits per heavy atom. The predicted octanol–water partition coefficient (Wildman–Crippen LogP) is 5.02. The normalized spacial score (nSPS) is 12.0. The van der Waals surface area contributed by atoms with E-state index in [-0.39, 0.29) is 18.9 Å². The van der Waals surface area contributed by atoms with Gasteiger partial charge in [0.2, 0.25) is 0 Å². The average Bonchev–Trinajstić information content (AvgIpc) is 2.60. The summed E-state index contributed by atoms with van der Waals surface area (Å²) in [6.45, 7) is 2.20. The number of carboxylic acid groups (broad SMARTS) is 1. The van der Waals surface area contributed by atoms with Gasteiger partial charge in [-0.25, -0.2) is 4.79 Å². The average molecular weight is 439 g/mol. The molecule has 1 N–H and O–H groups in total. The third-order valence-electron chi connectivity index (χ3n) is 3.29. The highest BCUT2D eigenvalue weighted by molar-refractivity contribution is 9.12. The second-order valence-corrected chi connectivity index (χ2v) is 6.83. The third kappa shape index (κ3) is 5.89. The van der Waals surface area contributed by atoms with Crippen LogP contribution in [0.4, 0.5) is 0 Å². The zero-order chi connectivity index (χ0) is 18.9. The molecule has 0 aliphatic heterocycles. The number of carboxylic acids is 1. The molecule has 2 aromatic carbocycles. The number of halogens is 2. The van der Waals surface area contributed by atoms with Crippen LogP contribution in [0.5, 0.6) is 5.75 Å². The maximum Gasteiger partial charge on any atom is 0.358 e. The maximum atomic E-state index is 11.5. The van der Waals surface area contributed by atoms with E-state index in [0.29, 0.717) is 20.8 Å². The van der Waals surface area contributed by atoms with Crippen LogP contribution in [0.15, 0.2) is 57.6 Å². The van der Waals surface area contributed by atoms with Crippen LogP contribution < -0.4 is 4.74 Å². The van der Waals surface area contributed by atoms with Crippen LogP contribution >= 0.6 is 27.5 Å². The first-order valence-corrected chi connectivity index (χ1v) is 8.95.